The second-order valence-electron chi connectivity index (χ2n) is 7.11. The number of halogens is 1. The zero-order valence-electron chi connectivity index (χ0n) is 16.7. The van der Waals surface area contributed by atoms with E-state index in [4.69, 9.17) is 11.6 Å². The Kier molecular flexibility index (Phi) is 7.34. The summed E-state index contributed by atoms with van der Waals surface area (Å²) >= 11 is 7.51. The fourth-order valence-corrected chi connectivity index (χ4v) is 5.82. The van der Waals surface area contributed by atoms with E-state index in [-0.39, 0.29) is 5.91 Å². The van der Waals surface area contributed by atoms with E-state index < -0.39 is 10.0 Å². The molecule has 29 heavy (non-hydrogen) atoms. The topological polar surface area (TPSA) is 60.9 Å². The summed E-state index contributed by atoms with van der Waals surface area (Å²) in [7, 11) is -3.52. The van der Waals surface area contributed by atoms with Gasteiger partial charge in [0.25, 0.3) is 0 Å². The van der Waals surface area contributed by atoms with E-state index in [9.17, 15) is 13.2 Å². The first-order valence-corrected chi connectivity index (χ1v) is 12.2. The fraction of sp³-hybridized carbons (Fsp3) is 0.450. The normalized spacial score (nSPS) is 15.8. The van der Waals surface area contributed by atoms with Crippen LogP contribution in [0.5, 0.6) is 0 Å². The highest BCUT2D eigenvalue weighted by Crippen LogP contribution is 2.23. The van der Waals surface area contributed by atoms with Gasteiger partial charge in [-0.3, -0.25) is 9.69 Å². The maximum absolute atomic E-state index is 12.8. The molecule has 0 saturated carbocycles. The van der Waals surface area contributed by atoms with Crippen molar-refractivity contribution in [2.24, 2.45) is 0 Å². The molecule has 158 valence electrons. The number of hydrogen-bond donors (Lipinski definition) is 0. The van der Waals surface area contributed by atoms with Crippen molar-refractivity contribution in [3.05, 3.63) is 51.2 Å². The van der Waals surface area contributed by atoms with Crippen LogP contribution in [0, 0.1) is 6.92 Å². The van der Waals surface area contributed by atoms with Crippen LogP contribution in [0.3, 0.4) is 0 Å². The van der Waals surface area contributed by atoms with Crippen LogP contribution < -0.4 is 0 Å². The van der Waals surface area contributed by atoms with Gasteiger partial charge in [-0.25, -0.2) is 8.42 Å². The zero-order valence-corrected chi connectivity index (χ0v) is 19.1. The first kappa shape index (κ1) is 22.2. The monoisotopic (exact) mass is 455 g/mol. The van der Waals surface area contributed by atoms with Crippen LogP contribution in [0.4, 0.5) is 0 Å². The molecule has 0 N–H and O–H groups in total. The number of nitrogens with zero attached hydrogens (tertiary/aromatic N) is 3. The lowest BCUT2D eigenvalue weighted by molar-refractivity contribution is -0.133. The summed E-state index contributed by atoms with van der Waals surface area (Å²) in [6, 6.07) is 10.7. The number of aryl methyl sites for hydroxylation is 1. The largest absolute Gasteiger partial charge is 0.339 e. The van der Waals surface area contributed by atoms with E-state index in [1.54, 1.807) is 29.2 Å². The summed E-state index contributed by atoms with van der Waals surface area (Å²) in [6.45, 7) is 7.14. The van der Waals surface area contributed by atoms with Crippen molar-refractivity contribution in [1.29, 1.82) is 0 Å². The number of sulfonamides is 1. The van der Waals surface area contributed by atoms with Gasteiger partial charge in [0.15, 0.2) is 0 Å². The summed E-state index contributed by atoms with van der Waals surface area (Å²) in [5.74, 6) is 0.0295. The third-order valence-electron chi connectivity index (χ3n) is 5.06. The molecule has 0 bridgehead atoms. The maximum Gasteiger partial charge on any atom is 0.243 e. The van der Waals surface area contributed by atoms with E-state index in [0.29, 0.717) is 44.2 Å². The van der Waals surface area contributed by atoms with Crippen LogP contribution in [0.25, 0.3) is 0 Å². The number of benzene rings is 1. The van der Waals surface area contributed by atoms with Crippen LogP contribution in [0.1, 0.15) is 17.4 Å². The minimum Gasteiger partial charge on any atom is -0.339 e. The molecule has 6 nitrogen and oxygen atoms in total. The van der Waals surface area contributed by atoms with E-state index in [2.05, 4.69) is 4.90 Å². The Balaban J connectivity index is 1.55. The molecule has 1 aliphatic heterocycles. The number of likely N-dealkylation sites (N-methyl/N-ethyl adjacent to an activating group) is 1. The van der Waals surface area contributed by atoms with Gasteiger partial charge >= 0.3 is 0 Å². The van der Waals surface area contributed by atoms with Crippen molar-refractivity contribution in [3.8, 4) is 0 Å². The molecule has 2 aromatic rings. The summed E-state index contributed by atoms with van der Waals surface area (Å²) in [5.41, 5.74) is 1.02. The standard InChI is InChI=1S/C20H26ClN3O3S2/c1-3-22(14-17-6-9-19(21)28-17)15-20(25)23-10-12-24(13-11-23)29(26,27)18-7-4-16(2)5-8-18/h4-9H,3,10-15H2,1-2H3. The quantitative estimate of drug-likeness (QED) is 0.643. The van der Waals surface area contributed by atoms with Crippen LogP contribution >= 0.6 is 22.9 Å². The van der Waals surface area contributed by atoms with Gasteiger partial charge in [0.05, 0.1) is 15.8 Å². The highest BCUT2D eigenvalue weighted by atomic mass is 35.5. The average Bonchev–Trinajstić information content (AvgIpc) is 3.12. The molecular weight excluding hydrogens is 430 g/mol. The van der Waals surface area contributed by atoms with E-state index in [0.717, 1.165) is 21.3 Å². The van der Waals surface area contributed by atoms with Gasteiger partial charge in [0.1, 0.15) is 0 Å². The molecule has 1 aromatic carbocycles. The van der Waals surface area contributed by atoms with Crippen LogP contribution in [-0.2, 0) is 21.4 Å². The Hall–Kier alpha value is -1.45. The number of amides is 1. The van der Waals surface area contributed by atoms with E-state index >= 15 is 0 Å². The van der Waals surface area contributed by atoms with Crippen LogP contribution in [-0.4, -0.2) is 67.7 Å². The van der Waals surface area contributed by atoms with Gasteiger partial charge in [0, 0.05) is 37.6 Å². The molecular formula is C20H26ClN3O3S2. The lowest BCUT2D eigenvalue weighted by atomic mass is 10.2. The van der Waals surface area contributed by atoms with Crippen molar-refractivity contribution in [2.45, 2.75) is 25.3 Å². The van der Waals surface area contributed by atoms with Crippen molar-refractivity contribution in [1.82, 2.24) is 14.1 Å². The number of carbonyl (C=O) groups excluding carboxylic acids is 1. The molecule has 1 fully saturated rings. The predicted octanol–water partition coefficient (Wildman–Crippen LogP) is 3.06. The Labute approximate surface area is 181 Å². The van der Waals surface area contributed by atoms with Gasteiger partial charge in [-0.1, -0.05) is 36.2 Å². The van der Waals surface area contributed by atoms with Crippen LogP contribution in [0.2, 0.25) is 4.34 Å². The minimum absolute atomic E-state index is 0.0295. The molecule has 1 aliphatic rings. The Morgan fingerprint density at radius 3 is 2.31 bits per heavy atom. The average molecular weight is 456 g/mol. The van der Waals surface area contributed by atoms with Gasteiger partial charge in [-0.15, -0.1) is 11.3 Å². The molecule has 0 atom stereocenters. The Morgan fingerprint density at radius 2 is 1.76 bits per heavy atom. The molecule has 1 saturated heterocycles. The summed E-state index contributed by atoms with van der Waals surface area (Å²) in [4.78, 5) is 18.0. The lowest BCUT2D eigenvalue weighted by Gasteiger charge is -2.35. The number of thiophene rings is 1. The molecule has 3 rings (SSSR count). The second kappa shape index (κ2) is 9.57. The van der Waals surface area contributed by atoms with Crippen molar-refractivity contribution >= 4 is 38.9 Å². The first-order valence-electron chi connectivity index (χ1n) is 9.60. The number of hydrogen-bond acceptors (Lipinski definition) is 5. The Bertz CT molecular complexity index is 936. The Morgan fingerprint density at radius 1 is 1.10 bits per heavy atom. The molecule has 1 amide bonds. The smallest absolute Gasteiger partial charge is 0.243 e. The lowest BCUT2D eigenvalue weighted by Crippen LogP contribution is -2.52. The summed E-state index contributed by atoms with van der Waals surface area (Å²) in [5, 5.41) is 0. The zero-order chi connectivity index (χ0) is 21.0. The molecule has 0 unspecified atom stereocenters. The molecule has 1 aromatic heterocycles. The predicted molar refractivity (Wildman–Crippen MR) is 117 cm³/mol. The number of piperazine rings is 1. The third-order valence-corrected chi connectivity index (χ3v) is 8.19. The molecule has 2 heterocycles. The highest BCUT2D eigenvalue weighted by molar-refractivity contribution is 7.89. The van der Waals surface area contributed by atoms with Crippen LogP contribution in [0.15, 0.2) is 41.3 Å². The summed E-state index contributed by atoms with van der Waals surface area (Å²) < 4.78 is 27.8. The molecule has 9 heteroatoms. The van der Waals surface area contributed by atoms with E-state index in [1.165, 1.54) is 15.6 Å². The second-order valence-corrected chi connectivity index (χ2v) is 10.8. The molecule has 0 radical (unpaired) electrons. The summed E-state index contributed by atoms with van der Waals surface area (Å²) in [6.07, 6.45) is 0. The van der Waals surface area contributed by atoms with E-state index in [1.807, 2.05) is 26.0 Å². The molecule has 0 spiro atoms. The van der Waals surface area contributed by atoms with Gasteiger partial charge in [-0.2, -0.15) is 4.31 Å². The van der Waals surface area contributed by atoms with Crippen molar-refractivity contribution in [2.75, 3.05) is 39.3 Å². The minimum atomic E-state index is -3.52. The van der Waals surface area contributed by atoms with Gasteiger partial charge in [0.2, 0.25) is 15.9 Å². The first-order chi connectivity index (χ1) is 13.8. The molecule has 0 aliphatic carbocycles. The third kappa shape index (κ3) is 5.58. The maximum atomic E-state index is 12.8. The number of rotatable bonds is 7. The van der Waals surface area contributed by atoms with Crippen molar-refractivity contribution in [3.63, 3.8) is 0 Å². The SMILES string of the molecule is CCN(CC(=O)N1CCN(S(=O)(=O)c2ccc(C)cc2)CC1)Cc1ccc(Cl)s1. The fourth-order valence-electron chi connectivity index (χ4n) is 3.27. The highest BCUT2D eigenvalue weighted by Gasteiger charge is 2.30. The number of carbonyl (C=O) groups is 1. The van der Waals surface area contributed by atoms with Crippen molar-refractivity contribution < 1.29 is 13.2 Å². The van der Waals surface area contributed by atoms with Gasteiger partial charge in [-0.05, 0) is 37.7 Å². The van der Waals surface area contributed by atoms with Gasteiger partial charge < -0.3 is 4.90 Å².